The molecule has 0 heterocycles. The molecule has 0 aliphatic heterocycles. The predicted molar refractivity (Wildman–Crippen MR) is 85.2 cm³/mol. The third kappa shape index (κ3) is 3.97. The van der Waals surface area contributed by atoms with Gasteiger partial charge < -0.3 is 10.1 Å². The van der Waals surface area contributed by atoms with E-state index in [1.54, 1.807) is 0 Å². The lowest BCUT2D eigenvalue weighted by Crippen LogP contribution is -2.38. The Bertz CT molecular complexity index is 386. The zero-order valence-corrected chi connectivity index (χ0v) is 13.3. The van der Waals surface area contributed by atoms with Crippen molar-refractivity contribution in [3.8, 4) is 0 Å². The molecule has 0 bridgehead atoms. The SMILES string of the molecule is CCOC(C1CCCCC1)C(NC)c1ccc(Cl)cc1. The van der Waals surface area contributed by atoms with Crippen molar-refractivity contribution in [2.45, 2.75) is 51.2 Å². The largest absolute Gasteiger partial charge is 0.376 e. The summed E-state index contributed by atoms with van der Waals surface area (Å²) >= 11 is 6.00. The van der Waals surface area contributed by atoms with Gasteiger partial charge >= 0.3 is 0 Å². The topological polar surface area (TPSA) is 21.3 Å². The lowest BCUT2D eigenvalue weighted by molar-refractivity contribution is -0.0167. The van der Waals surface area contributed by atoms with Crippen LogP contribution < -0.4 is 5.32 Å². The first-order valence-electron chi connectivity index (χ1n) is 7.80. The van der Waals surface area contributed by atoms with Crippen LogP contribution in [0.1, 0.15) is 50.6 Å². The van der Waals surface area contributed by atoms with Crippen molar-refractivity contribution in [1.82, 2.24) is 5.32 Å². The molecule has 0 radical (unpaired) electrons. The molecule has 0 spiro atoms. The first kappa shape index (κ1) is 15.8. The van der Waals surface area contributed by atoms with Gasteiger partial charge in [0.15, 0.2) is 0 Å². The summed E-state index contributed by atoms with van der Waals surface area (Å²) in [6.45, 7) is 2.86. The maximum Gasteiger partial charge on any atom is 0.0797 e. The molecule has 1 aromatic rings. The molecule has 20 heavy (non-hydrogen) atoms. The number of nitrogens with one attached hydrogen (secondary N) is 1. The molecule has 0 aromatic heterocycles. The molecule has 1 aliphatic carbocycles. The van der Waals surface area contributed by atoms with Gasteiger partial charge in [0.1, 0.15) is 0 Å². The summed E-state index contributed by atoms with van der Waals surface area (Å²) in [5.41, 5.74) is 1.26. The fourth-order valence-corrected chi connectivity index (χ4v) is 3.48. The van der Waals surface area contributed by atoms with Crippen LogP contribution in [0.4, 0.5) is 0 Å². The number of likely N-dealkylation sites (N-methyl/N-ethyl adjacent to an activating group) is 1. The Balaban J connectivity index is 2.17. The van der Waals surface area contributed by atoms with Gasteiger partial charge in [0, 0.05) is 11.6 Å². The lowest BCUT2D eigenvalue weighted by atomic mass is 9.81. The molecule has 3 heteroatoms. The quantitative estimate of drug-likeness (QED) is 0.829. The average Bonchev–Trinajstić information content (AvgIpc) is 2.50. The number of ether oxygens (including phenoxy) is 1. The van der Waals surface area contributed by atoms with Crippen LogP contribution in [0.25, 0.3) is 0 Å². The van der Waals surface area contributed by atoms with Crippen molar-refractivity contribution < 1.29 is 4.74 Å². The summed E-state index contributed by atoms with van der Waals surface area (Å²) in [4.78, 5) is 0. The molecular weight excluding hydrogens is 270 g/mol. The molecular formula is C17H26ClNO. The second kappa shape index (κ2) is 8.02. The fraction of sp³-hybridized carbons (Fsp3) is 0.647. The number of rotatable bonds is 6. The molecule has 1 fully saturated rings. The third-order valence-electron chi connectivity index (χ3n) is 4.34. The highest BCUT2D eigenvalue weighted by molar-refractivity contribution is 6.30. The van der Waals surface area contributed by atoms with Crippen LogP contribution in [0.2, 0.25) is 5.02 Å². The van der Waals surface area contributed by atoms with E-state index in [1.807, 2.05) is 19.2 Å². The monoisotopic (exact) mass is 295 g/mol. The van der Waals surface area contributed by atoms with Gasteiger partial charge in [-0.2, -0.15) is 0 Å². The van der Waals surface area contributed by atoms with Gasteiger partial charge in [0.05, 0.1) is 12.1 Å². The molecule has 2 rings (SSSR count). The summed E-state index contributed by atoms with van der Waals surface area (Å²) in [5.74, 6) is 0.664. The van der Waals surface area contributed by atoms with E-state index in [-0.39, 0.29) is 12.1 Å². The van der Waals surface area contributed by atoms with E-state index in [2.05, 4.69) is 24.4 Å². The molecule has 1 saturated carbocycles. The first-order valence-corrected chi connectivity index (χ1v) is 8.18. The van der Waals surface area contributed by atoms with Gasteiger partial charge in [-0.15, -0.1) is 0 Å². The molecule has 2 unspecified atom stereocenters. The van der Waals surface area contributed by atoms with Gasteiger partial charge in [0.25, 0.3) is 0 Å². The Labute approximate surface area is 127 Å². The van der Waals surface area contributed by atoms with Crippen molar-refractivity contribution in [2.75, 3.05) is 13.7 Å². The number of halogens is 1. The molecule has 1 aromatic carbocycles. The lowest BCUT2D eigenvalue weighted by Gasteiger charge is -2.35. The Morgan fingerprint density at radius 1 is 1.20 bits per heavy atom. The van der Waals surface area contributed by atoms with Crippen molar-refractivity contribution in [2.24, 2.45) is 5.92 Å². The van der Waals surface area contributed by atoms with Crippen molar-refractivity contribution in [3.05, 3.63) is 34.9 Å². The zero-order chi connectivity index (χ0) is 14.4. The highest BCUT2D eigenvalue weighted by Gasteiger charge is 2.31. The molecule has 2 atom stereocenters. The fourth-order valence-electron chi connectivity index (χ4n) is 3.35. The van der Waals surface area contributed by atoms with Crippen LogP contribution in [-0.2, 0) is 4.74 Å². The normalized spacial score (nSPS) is 19.8. The van der Waals surface area contributed by atoms with Gasteiger partial charge in [-0.25, -0.2) is 0 Å². The molecule has 2 nitrogen and oxygen atoms in total. The summed E-state index contributed by atoms with van der Waals surface area (Å²) in [5, 5.41) is 4.24. The Morgan fingerprint density at radius 2 is 1.85 bits per heavy atom. The van der Waals surface area contributed by atoms with Crippen molar-refractivity contribution in [1.29, 1.82) is 0 Å². The molecule has 0 amide bonds. The minimum atomic E-state index is 0.246. The van der Waals surface area contributed by atoms with E-state index < -0.39 is 0 Å². The molecule has 1 aliphatic rings. The number of benzene rings is 1. The van der Waals surface area contributed by atoms with Crippen LogP contribution in [0.15, 0.2) is 24.3 Å². The standard InChI is InChI=1S/C17H26ClNO/c1-3-20-17(14-7-5-4-6-8-14)16(19-2)13-9-11-15(18)12-10-13/h9-12,14,16-17,19H,3-8H2,1-2H3. The van der Waals surface area contributed by atoms with E-state index in [4.69, 9.17) is 16.3 Å². The van der Waals surface area contributed by atoms with Gasteiger partial charge in [0.2, 0.25) is 0 Å². The van der Waals surface area contributed by atoms with Gasteiger partial charge in [-0.05, 0) is 50.4 Å². The molecule has 1 N–H and O–H groups in total. The van der Waals surface area contributed by atoms with Crippen LogP contribution in [0, 0.1) is 5.92 Å². The number of hydrogen-bond acceptors (Lipinski definition) is 2. The second-order valence-corrected chi connectivity index (χ2v) is 6.07. The highest BCUT2D eigenvalue weighted by atomic mass is 35.5. The van der Waals surface area contributed by atoms with Crippen LogP contribution in [0.3, 0.4) is 0 Å². The van der Waals surface area contributed by atoms with Crippen LogP contribution in [0.5, 0.6) is 0 Å². The third-order valence-corrected chi connectivity index (χ3v) is 4.59. The Morgan fingerprint density at radius 3 is 2.40 bits per heavy atom. The summed E-state index contributed by atoms with van der Waals surface area (Å²) in [6, 6.07) is 8.39. The van der Waals surface area contributed by atoms with Gasteiger partial charge in [-0.3, -0.25) is 0 Å². The maximum absolute atomic E-state index is 6.12. The summed E-state index contributed by atoms with van der Waals surface area (Å²) in [6.07, 6.45) is 6.88. The van der Waals surface area contributed by atoms with Crippen molar-refractivity contribution >= 4 is 11.6 Å². The minimum Gasteiger partial charge on any atom is -0.376 e. The smallest absolute Gasteiger partial charge is 0.0797 e. The summed E-state index contributed by atoms with van der Waals surface area (Å²) < 4.78 is 6.12. The number of hydrogen-bond donors (Lipinski definition) is 1. The Hall–Kier alpha value is -0.570. The predicted octanol–water partition coefficient (Wildman–Crippen LogP) is 4.59. The van der Waals surface area contributed by atoms with E-state index in [0.717, 1.165) is 11.6 Å². The van der Waals surface area contributed by atoms with Gasteiger partial charge in [-0.1, -0.05) is 43.0 Å². The highest BCUT2D eigenvalue weighted by Crippen LogP contribution is 2.34. The summed E-state index contributed by atoms with van der Waals surface area (Å²) in [7, 11) is 2.02. The van der Waals surface area contributed by atoms with E-state index >= 15 is 0 Å². The zero-order valence-electron chi connectivity index (χ0n) is 12.6. The first-order chi connectivity index (χ1) is 9.76. The minimum absolute atomic E-state index is 0.246. The van der Waals surface area contributed by atoms with E-state index in [0.29, 0.717) is 5.92 Å². The molecule has 112 valence electrons. The van der Waals surface area contributed by atoms with E-state index in [1.165, 1.54) is 37.7 Å². The second-order valence-electron chi connectivity index (χ2n) is 5.64. The average molecular weight is 296 g/mol. The van der Waals surface area contributed by atoms with Crippen LogP contribution in [-0.4, -0.2) is 19.8 Å². The van der Waals surface area contributed by atoms with Crippen LogP contribution >= 0.6 is 11.6 Å². The molecule has 0 saturated heterocycles. The van der Waals surface area contributed by atoms with E-state index in [9.17, 15) is 0 Å². The van der Waals surface area contributed by atoms with Crippen molar-refractivity contribution in [3.63, 3.8) is 0 Å². The Kier molecular flexibility index (Phi) is 6.34. The maximum atomic E-state index is 6.12.